The van der Waals surface area contributed by atoms with Crippen molar-refractivity contribution in [3.63, 3.8) is 0 Å². The van der Waals surface area contributed by atoms with Crippen molar-refractivity contribution in [3.8, 4) is 0 Å². The molecule has 0 saturated carbocycles. The number of thioether (sulfide) groups is 1. The van der Waals surface area contributed by atoms with Gasteiger partial charge in [-0.3, -0.25) is 9.88 Å². The fraction of sp³-hybridized carbons (Fsp3) is 0.438. The zero-order chi connectivity index (χ0) is 14.7. The van der Waals surface area contributed by atoms with Gasteiger partial charge in [-0.25, -0.2) is 0 Å². The van der Waals surface area contributed by atoms with Crippen LogP contribution in [0.15, 0.2) is 30.5 Å². The molecule has 1 unspecified atom stereocenters. The molecule has 2 heterocycles. The average Bonchev–Trinajstić information content (AvgIpc) is 2.80. The Bertz CT molecular complexity index is 611. The number of hydrogen-bond acceptors (Lipinski definition) is 4. The molecule has 1 aliphatic heterocycles. The van der Waals surface area contributed by atoms with Gasteiger partial charge in [-0.15, -0.1) is 0 Å². The van der Waals surface area contributed by atoms with Crippen molar-refractivity contribution in [1.82, 2.24) is 9.88 Å². The van der Waals surface area contributed by atoms with Gasteiger partial charge in [-0.05, 0) is 42.5 Å². The number of rotatable bonds is 3. The van der Waals surface area contributed by atoms with Gasteiger partial charge in [-0.2, -0.15) is 11.8 Å². The number of aromatic nitrogens is 1. The van der Waals surface area contributed by atoms with Crippen LogP contribution in [0.2, 0.25) is 5.02 Å². The molecule has 0 aliphatic carbocycles. The minimum atomic E-state index is 0.221. The molecule has 2 aromatic rings. The van der Waals surface area contributed by atoms with Gasteiger partial charge in [0.2, 0.25) is 0 Å². The zero-order valence-electron chi connectivity index (χ0n) is 12.0. The predicted octanol–water partition coefficient (Wildman–Crippen LogP) is 3.33. The Morgan fingerprint density at radius 2 is 2.19 bits per heavy atom. The lowest BCUT2D eigenvalue weighted by Gasteiger charge is -2.30. The van der Waals surface area contributed by atoms with Crippen molar-refractivity contribution >= 4 is 34.3 Å². The highest BCUT2D eigenvalue weighted by atomic mass is 35.5. The van der Waals surface area contributed by atoms with Crippen LogP contribution in [-0.2, 0) is 0 Å². The summed E-state index contributed by atoms with van der Waals surface area (Å²) in [6.45, 7) is 2.80. The molecule has 0 radical (unpaired) electrons. The molecule has 0 bridgehead atoms. The molecule has 1 aliphatic rings. The molecular weight excluding hydrogens is 302 g/mol. The predicted molar refractivity (Wildman–Crippen MR) is 92.1 cm³/mol. The highest BCUT2D eigenvalue weighted by molar-refractivity contribution is 7.99. The number of nitrogens with zero attached hydrogens (tertiary/aromatic N) is 2. The summed E-state index contributed by atoms with van der Waals surface area (Å²) in [7, 11) is 0. The van der Waals surface area contributed by atoms with Crippen molar-refractivity contribution < 1.29 is 0 Å². The quantitative estimate of drug-likeness (QED) is 0.941. The molecule has 1 atom stereocenters. The molecule has 2 N–H and O–H groups in total. The Kier molecular flexibility index (Phi) is 5.01. The molecule has 3 nitrogen and oxygen atoms in total. The standard InChI is InChI=1S/C16H20ClN3S/c17-14-5-4-13(16-12(14)3-1-6-19-16)15(11-18)20-7-2-9-21-10-8-20/h1,3-6,15H,2,7-11,18H2. The normalized spacial score (nSPS) is 18.6. The summed E-state index contributed by atoms with van der Waals surface area (Å²) < 4.78 is 0. The summed E-state index contributed by atoms with van der Waals surface area (Å²) in [6.07, 6.45) is 3.05. The highest BCUT2D eigenvalue weighted by Crippen LogP contribution is 2.31. The lowest BCUT2D eigenvalue weighted by Crippen LogP contribution is -2.35. The van der Waals surface area contributed by atoms with Crippen LogP contribution in [0.5, 0.6) is 0 Å². The highest BCUT2D eigenvalue weighted by Gasteiger charge is 2.22. The summed E-state index contributed by atoms with van der Waals surface area (Å²) in [4.78, 5) is 7.05. The summed E-state index contributed by atoms with van der Waals surface area (Å²) in [5, 5.41) is 1.77. The van der Waals surface area contributed by atoms with Crippen molar-refractivity contribution in [3.05, 3.63) is 41.0 Å². The van der Waals surface area contributed by atoms with Crippen LogP contribution in [0.3, 0.4) is 0 Å². The van der Waals surface area contributed by atoms with E-state index >= 15 is 0 Å². The summed E-state index contributed by atoms with van der Waals surface area (Å²) in [6, 6.07) is 8.24. The molecule has 3 rings (SSSR count). The molecule has 1 aromatic carbocycles. The largest absolute Gasteiger partial charge is 0.329 e. The third-order valence-electron chi connectivity index (χ3n) is 4.03. The third-order valence-corrected chi connectivity index (χ3v) is 5.41. The van der Waals surface area contributed by atoms with E-state index in [-0.39, 0.29) is 6.04 Å². The summed E-state index contributed by atoms with van der Waals surface area (Å²) >= 11 is 8.33. The number of benzene rings is 1. The van der Waals surface area contributed by atoms with Crippen LogP contribution in [-0.4, -0.2) is 41.0 Å². The van der Waals surface area contributed by atoms with E-state index in [1.165, 1.54) is 23.5 Å². The Labute approximate surface area is 134 Å². The fourth-order valence-electron chi connectivity index (χ4n) is 2.98. The lowest BCUT2D eigenvalue weighted by atomic mass is 10.0. The van der Waals surface area contributed by atoms with Gasteiger partial charge in [0, 0.05) is 41.5 Å². The second-order valence-electron chi connectivity index (χ2n) is 5.29. The maximum absolute atomic E-state index is 6.30. The van der Waals surface area contributed by atoms with Crippen LogP contribution in [0.25, 0.3) is 10.9 Å². The van der Waals surface area contributed by atoms with Gasteiger partial charge in [0.05, 0.1) is 5.52 Å². The maximum Gasteiger partial charge on any atom is 0.0765 e. The van der Waals surface area contributed by atoms with Gasteiger partial charge in [0.15, 0.2) is 0 Å². The Morgan fingerprint density at radius 3 is 3.05 bits per heavy atom. The third kappa shape index (κ3) is 3.19. The molecule has 1 aromatic heterocycles. The van der Waals surface area contributed by atoms with E-state index in [9.17, 15) is 0 Å². The van der Waals surface area contributed by atoms with E-state index in [1.807, 2.05) is 36.2 Å². The Morgan fingerprint density at radius 1 is 1.29 bits per heavy atom. The molecule has 1 fully saturated rings. The number of fused-ring (bicyclic) bond motifs is 1. The summed E-state index contributed by atoms with van der Waals surface area (Å²) in [5.41, 5.74) is 8.29. The van der Waals surface area contributed by atoms with Gasteiger partial charge in [0.25, 0.3) is 0 Å². The van der Waals surface area contributed by atoms with Crippen LogP contribution in [0, 0.1) is 0 Å². The van der Waals surface area contributed by atoms with E-state index in [2.05, 4.69) is 16.0 Å². The lowest BCUT2D eigenvalue weighted by molar-refractivity contribution is 0.219. The first-order valence-electron chi connectivity index (χ1n) is 7.36. The molecule has 5 heteroatoms. The van der Waals surface area contributed by atoms with Crippen molar-refractivity contribution in [1.29, 1.82) is 0 Å². The molecule has 0 spiro atoms. The number of hydrogen-bond donors (Lipinski definition) is 1. The van der Waals surface area contributed by atoms with Gasteiger partial charge < -0.3 is 5.73 Å². The van der Waals surface area contributed by atoms with Crippen LogP contribution < -0.4 is 5.73 Å². The number of nitrogens with two attached hydrogens (primary N) is 1. The van der Waals surface area contributed by atoms with Gasteiger partial charge in [-0.1, -0.05) is 17.7 Å². The van der Waals surface area contributed by atoms with Crippen LogP contribution in [0.4, 0.5) is 0 Å². The van der Waals surface area contributed by atoms with E-state index in [0.29, 0.717) is 6.54 Å². The van der Waals surface area contributed by atoms with Gasteiger partial charge in [0.1, 0.15) is 0 Å². The molecule has 1 saturated heterocycles. The first-order chi connectivity index (χ1) is 10.3. The minimum Gasteiger partial charge on any atom is -0.329 e. The van der Waals surface area contributed by atoms with Crippen molar-refractivity contribution in [2.45, 2.75) is 12.5 Å². The molecule has 112 valence electrons. The second-order valence-corrected chi connectivity index (χ2v) is 6.92. The van der Waals surface area contributed by atoms with E-state index in [1.54, 1.807) is 0 Å². The number of halogens is 1. The fourth-order valence-corrected chi connectivity index (χ4v) is 4.09. The second kappa shape index (κ2) is 6.97. The first-order valence-corrected chi connectivity index (χ1v) is 8.89. The first kappa shape index (κ1) is 15.1. The molecule has 21 heavy (non-hydrogen) atoms. The van der Waals surface area contributed by atoms with Gasteiger partial charge >= 0.3 is 0 Å². The van der Waals surface area contributed by atoms with Crippen LogP contribution in [0.1, 0.15) is 18.0 Å². The van der Waals surface area contributed by atoms with Crippen LogP contribution >= 0.6 is 23.4 Å². The molecular formula is C16H20ClN3S. The van der Waals surface area contributed by atoms with E-state index < -0.39 is 0 Å². The average molecular weight is 322 g/mol. The Balaban J connectivity index is 2.02. The Hall–Kier alpha value is -0.810. The SMILES string of the molecule is NCC(c1ccc(Cl)c2cccnc12)N1CCCSCC1. The maximum atomic E-state index is 6.30. The topological polar surface area (TPSA) is 42.1 Å². The van der Waals surface area contributed by atoms with E-state index in [0.717, 1.165) is 29.0 Å². The van der Waals surface area contributed by atoms with Crippen molar-refractivity contribution in [2.75, 3.05) is 31.1 Å². The monoisotopic (exact) mass is 321 g/mol. The number of pyridine rings is 1. The zero-order valence-corrected chi connectivity index (χ0v) is 13.5. The minimum absolute atomic E-state index is 0.221. The summed E-state index contributed by atoms with van der Waals surface area (Å²) in [5.74, 6) is 2.42. The molecule has 0 amide bonds. The smallest absolute Gasteiger partial charge is 0.0765 e. The van der Waals surface area contributed by atoms with Crippen molar-refractivity contribution in [2.24, 2.45) is 5.73 Å². The van der Waals surface area contributed by atoms with E-state index in [4.69, 9.17) is 17.3 Å².